The monoisotopic (exact) mass is 960 g/mol. The molecule has 9 rings (SSSR count). The van der Waals surface area contributed by atoms with Crippen molar-refractivity contribution in [2.24, 2.45) is 17.3 Å². The summed E-state index contributed by atoms with van der Waals surface area (Å²) in [4.78, 5) is 41.5. The van der Waals surface area contributed by atoms with E-state index in [9.17, 15) is 19.9 Å². The smallest absolute Gasteiger partial charge is 0.352 e. The molecule has 372 valence electrons. The maximum Gasteiger partial charge on any atom is 0.352 e. The van der Waals surface area contributed by atoms with Crippen LogP contribution < -0.4 is 15.0 Å². The number of benzene rings is 2. The first-order valence-electron chi connectivity index (χ1n) is 25.0. The Morgan fingerprint density at radius 3 is 2.38 bits per heavy atom. The largest absolute Gasteiger partial charge is 0.496 e. The van der Waals surface area contributed by atoms with E-state index in [2.05, 4.69) is 32.2 Å². The van der Waals surface area contributed by atoms with Crippen molar-refractivity contribution < 1.29 is 48.0 Å². The highest BCUT2D eigenvalue weighted by atomic mass is 31.2. The number of aromatic amines is 1. The summed E-state index contributed by atoms with van der Waals surface area (Å²) < 4.78 is 38.7. The molecule has 1 amide bonds. The third-order valence-corrected chi connectivity index (χ3v) is 19.5. The number of amides is 1. The number of H-pyrrole nitrogens is 1. The minimum atomic E-state index is -3.97. The molecule has 2 aromatic carbocycles. The molecule has 3 fully saturated rings. The molecule has 1 aromatic heterocycles. The van der Waals surface area contributed by atoms with Crippen molar-refractivity contribution in [3.05, 3.63) is 70.9 Å². The fourth-order valence-electron chi connectivity index (χ4n) is 14.6. The highest BCUT2D eigenvalue weighted by Gasteiger charge is 2.79. The van der Waals surface area contributed by atoms with Crippen LogP contribution in [0.1, 0.15) is 102 Å². The summed E-state index contributed by atoms with van der Waals surface area (Å²) in [5.41, 5.74) is -2.26. The molecule has 2 unspecified atom stereocenters. The van der Waals surface area contributed by atoms with Gasteiger partial charge in [0.1, 0.15) is 23.1 Å². The first-order valence-corrected chi connectivity index (χ1v) is 26.6. The minimum absolute atomic E-state index is 0.0444. The van der Waals surface area contributed by atoms with Gasteiger partial charge in [-0.3, -0.25) is 24.0 Å². The van der Waals surface area contributed by atoms with E-state index in [0.717, 1.165) is 27.7 Å². The first kappa shape index (κ1) is 49.2. The van der Waals surface area contributed by atoms with Crippen LogP contribution in [0.3, 0.4) is 0 Å². The number of esters is 1. The van der Waals surface area contributed by atoms with Gasteiger partial charge in [-0.05, 0) is 100 Å². The fraction of sp³-hybridized carbons (Fsp3) is 0.654. The van der Waals surface area contributed by atoms with Gasteiger partial charge in [-0.25, -0.2) is 0 Å². The van der Waals surface area contributed by atoms with Crippen LogP contribution in [0.25, 0.3) is 10.9 Å². The maximum absolute atomic E-state index is 15.6. The molecule has 5 aliphatic heterocycles. The lowest BCUT2D eigenvalue weighted by Crippen LogP contribution is -2.82. The standard InChI is InChI=1S/C52H74N5O10P/c1-10-48(61)28-33-29-51(47(60)65-9,42-35(19-23-56(30-33)31-48)34-17-14-15-18-38(34)53-42)37-26-36-39(27-40(37)64-8)55(7)44-50(36)21-24-57-22-16-20-49(11-2,43(50)57)45(58)52(44,62)46(59)54-41(25-32(5)6)68(63,66-12-3)67-13-4/h14-18,20,26-27,32-33,41,43-45,53,58,61-62H,10-13,19,21-25,28-31H2,1-9H3,(H,54,59)/t33-,41?,43+,44-,45-,48+,49-,50-,51+,52+/m1/s1. The Kier molecular flexibility index (Phi) is 12.9. The highest BCUT2D eigenvalue weighted by molar-refractivity contribution is 7.54. The molecule has 15 nitrogen and oxygen atoms in total. The Labute approximate surface area is 401 Å². The molecule has 1 spiro atoms. The van der Waals surface area contributed by atoms with Crippen molar-refractivity contribution in [2.75, 3.05) is 72.1 Å². The van der Waals surface area contributed by atoms with Gasteiger partial charge < -0.3 is 49.0 Å². The van der Waals surface area contributed by atoms with Crippen LogP contribution in [0, 0.1) is 17.3 Å². The van der Waals surface area contributed by atoms with E-state index >= 15 is 9.59 Å². The number of aliphatic hydroxyl groups excluding tert-OH is 1. The first-order chi connectivity index (χ1) is 32.4. The molecular weight excluding hydrogens is 886 g/mol. The number of methoxy groups -OCH3 is 2. The SMILES string of the molecule is CCOP(=O)(OCC)C(CC(C)C)NC(=O)[C@@]1(O)[C@H](O)[C@]2(CC)C=CCN3CC[C@@]4(c5cc([C@@]6(C(=O)OC)C[C@@H]7CN(CCc8c6[nH]c6ccccc86)C[C@](O)(CC)C7)c(OC)cc5N(C)[C@@H]14)[C@@H]32. The van der Waals surface area contributed by atoms with Crippen molar-refractivity contribution in [3.63, 3.8) is 0 Å². The van der Waals surface area contributed by atoms with Gasteiger partial charge >= 0.3 is 13.6 Å². The van der Waals surface area contributed by atoms with Gasteiger partial charge in [-0.2, -0.15) is 0 Å². The molecule has 16 heteroatoms. The van der Waals surface area contributed by atoms with E-state index in [1.807, 2.05) is 76.1 Å². The molecule has 1 aliphatic carbocycles. The normalized spacial score (nSPS) is 34.6. The third kappa shape index (κ3) is 7.02. The number of aromatic nitrogens is 1. The molecule has 6 heterocycles. The summed E-state index contributed by atoms with van der Waals surface area (Å²) in [5.74, 6) is -2.17. The second-order valence-corrected chi connectivity index (χ2v) is 23.3. The number of hydrogen-bond donors (Lipinski definition) is 5. The van der Waals surface area contributed by atoms with Crippen molar-refractivity contribution in [1.82, 2.24) is 20.1 Å². The Hall–Kier alpha value is -3.79. The van der Waals surface area contributed by atoms with Crippen LogP contribution in [-0.2, 0) is 45.2 Å². The third-order valence-electron chi connectivity index (χ3n) is 17.2. The Morgan fingerprint density at radius 2 is 1.72 bits per heavy atom. The Bertz CT molecular complexity index is 2510. The van der Waals surface area contributed by atoms with Crippen LogP contribution in [0.4, 0.5) is 5.69 Å². The Morgan fingerprint density at radius 1 is 0.985 bits per heavy atom. The van der Waals surface area contributed by atoms with Gasteiger partial charge in [0.2, 0.25) is 0 Å². The van der Waals surface area contributed by atoms with E-state index in [-0.39, 0.29) is 37.5 Å². The number of carbonyl (C=O) groups is 2. The van der Waals surface area contributed by atoms with Crippen molar-refractivity contribution in [2.45, 2.75) is 132 Å². The lowest BCUT2D eigenvalue weighted by molar-refractivity contribution is -0.203. The van der Waals surface area contributed by atoms with Gasteiger partial charge in [-0.15, -0.1) is 0 Å². The average Bonchev–Trinajstić information content (AvgIpc) is 3.98. The number of likely N-dealkylation sites (N-methyl/N-ethyl adjacent to an activating group) is 1. The van der Waals surface area contributed by atoms with Crippen LogP contribution >= 0.6 is 7.60 Å². The van der Waals surface area contributed by atoms with Gasteiger partial charge in [-0.1, -0.05) is 58.0 Å². The lowest BCUT2D eigenvalue weighted by atomic mass is 9.47. The number of piperidine rings is 1. The zero-order valence-corrected chi connectivity index (χ0v) is 42.4. The second kappa shape index (κ2) is 17.8. The van der Waals surface area contributed by atoms with Crippen LogP contribution in [0.2, 0.25) is 0 Å². The molecule has 5 N–H and O–H groups in total. The number of rotatable bonds is 14. The van der Waals surface area contributed by atoms with Crippen molar-refractivity contribution >= 4 is 36.1 Å². The minimum Gasteiger partial charge on any atom is -0.496 e. The van der Waals surface area contributed by atoms with E-state index in [1.165, 1.54) is 7.11 Å². The second-order valence-electron chi connectivity index (χ2n) is 21.1. The van der Waals surface area contributed by atoms with E-state index in [0.29, 0.717) is 88.2 Å². The zero-order valence-electron chi connectivity index (χ0n) is 41.5. The number of nitrogens with zero attached hydrogens (tertiary/aromatic N) is 3. The van der Waals surface area contributed by atoms with Crippen LogP contribution in [0.5, 0.6) is 5.75 Å². The molecule has 68 heavy (non-hydrogen) atoms. The van der Waals surface area contributed by atoms with Crippen LogP contribution in [-0.4, -0.2) is 144 Å². The molecule has 2 bridgehead atoms. The summed E-state index contributed by atoms with van der Waals surface area (Å²) in [5, 5.41) is 43.0. The summed E-state index contributed by atoms with van der Waals surface area (Å²) >= 11 is 0. The highest BCUT2D eigenvalue weighted by Crippen LogP contribution is 2.68. The van der Waals surface area contributed by atoms with Gasteiger partial charge in [0.05, 0.1) is 39.1 Å². The number of anilines is 1. The van der Waals surface area contributed by atoms with Gasteiger partial charge in [0.15, 0.2) is 5.60 Å². The fourth-order valence-corrected chi connectivity index (χ4v) is 16.7. The maximum atomic E-state index is 15.6. The van der Waals surface area contributed by atoms with Crippen LogP contribution in [0.15, 0.2) is 48.6 Å². The number of nitrogens with one attached hydrogen (secondary N) is 2. The molecule has 3 aromatic rings. The molecule has 2 saturated heterocycles. The number of ether oxygens (including phenoxy) is 2. The number of fused-ring (bicyclic) bond motifs is 6. The average molecular weight is 960 g/mol. The number of aliphatic hydroxyl groups is 3. The topological polar surface area (TPSA) is 186 Å². The van der Waals surface area contributed by atoms with Gasteiger partial charge in [0, 0.05) is 84.0 Å². The molecule has 6 aliphatic rings. The summed E-state index contributed by atoms with van der Waals surface area (Å²) in [6, 6.07) is 10.7. The molecular formula is C52H74N5O10P. The summed E-state index contributed by atoms with van der Waals surface area (Å²) in [6.45, 7) is 14.7. The quantitative estimate of drug-likeness (QED) is 0.0721. The number of hydrogen-bond acceptors (Lipinski definition) is 13. The number of para-hydroxylation sites is 1. The predicted molar refractivity (Wildman–Crippen MR) is 261 cm³/mol. The van der Waals surface area contributed by atoms with Crippen molar-refractivity contribution in [3.8, 4) is 5.75 Å². The lowest BCUT2D eigenvalue weighted by Gasteiger charge is -2.63. The number of carbonyl (C=O) groups excluding carboxylic acids is 2. The van der Waals surface area contributed by atoms with E-state index in [1.54, 1.807) is 21.0 Å². The predicted octanol–water partition coefficient (Wildman–Crippen LogP) is 6.00. The van der Waals surface area contributed by atoms with Crippen molar-refractivity contribution in [1.29, 1.82) is 0 Å². The van der Waals surface area contributed by atoms with E-state index < -0.39 is 64.8 Å². The summed E-state index contributed by atoms with van der Waals surface area (Å²) in [7, 11) is 0.911. The zero-order chi connectivity index (χ0) is 48.8. The summed E-state index contributed by atoms with van der Waals surface area (Å²) in [6.07, 6.45) is 5.57. The molecule has 1 saturated carbocycles. The van der Waals surface area contributed by atoms with E-state index in [4.69, 9.17) is 18.5 Å². The van der Waals surface area contributed by atoms with Gasteiger partial charge in [0.25, 0.3) is 5.91 Å². The molecule has 11 atom stereocenters. The Balaban J connectivity index is 1.30. The molecule has 0 radical (unpaired) electrons.